The fourth-order valence-electron chi connectivity index (χ4n) is 2.56. The Labute approximate surface area is 147 Å². The molecule has 132 valence electrons. The number of hydrogen-bond donors (Lipinski definition) is 2. The van der Waals surface area contributed by atoms with Crippen LogP contribution in [0.15, 0.2) is 0 Å². The van der Waals surface area contributed by atoms with Gasteiger partial charge in [-0.05, 0) is 60.2 Å². The first kappa shape index (κ1) is 29.3. The van der Waals surface area contributed by atoms with E-state index in [1.54, 1.807) is 22.6 Å². The standard InChI is InChI=1S/C14H31N.CHIO.CH4O.CH4/c1-4-8-13(6-3)12-14(9-5-2)10-7-11-15;2-1-3;1-2;/h13-14H,4-12,15H2,1-3H3;1H;2H,1H3;1H4. The summed E-state index contributed by atoms with van der Waals surface area (Å²) in [7, 11) is 1.00. The Kier molecular flexibility index (Phi) is 39.8. The van der Waals surface area contributed by atoms with E-state index >= 15 is 0 Å². The van der Waals surface area contributed by atoms with Gasteiger partial charge in [-0.2, -0.15) is 0 Å². The third kappa shape index (κ3) is 25.6. The van der Waals surface area contributed by atoms with Gasteiger partial charge in [-0.1, -0.05) is 60.3 Å². The zero-order chi connectivity index (χ0) is 16.2. The van der Waals surface area contributed by atoms with E-state index in [1.165, 1.54) is 51.4 Å². The lowest BCUT2D eigenvalue weighted by Gasteiger charge is -2.22. The van der Waals surface area contributed by atoms with Gasteiger partial charge in [0, 0.05) is 7.11 Å². The first-order chi connectivity index (χ1) is 9.69. The maximum atomic E-state index is 8.79. The molecule has 0 aliphatic heterocycles. The van der Waals surface area contributed by atoms with Crippen LogP contribution in [-0.2, 0) is 4.79 Å². The number of aliphatic hydroxyl groups excluding tert-OH is 1. The monoisotopic (exact) mass is 417 g/mol. The number of rotatable bonds is 10. The highest BCUT2D eigenvalue weighted by Gasteiger charge is 2.13. The summed E-state index contributed by atoms with van der Waals surface area (Å²) in [5, 5.41) is 7.00. The van der Waals surface area contributed by atoms with E-state index in [9.17, 15) is 0 Å². The number of hydrogen-bond acceptors (Lipinski definition) is 3. The summed E-state index contributed by atoms with van der Waals surface area (Å²) >= 11 is 1.61. The molecule has 0 spiro atoms. The quantitative estimate of drug-likeness (QED) is 0.291. The van der Waals surface area contributed by atoms with Gasteiger partial charge < -0.3 is 10.8 Å². The number of halogens is 1. The summed E-state index contributed by atoms with van der Waals surface area (Å²) in [6.45, 7) is 7.81. The zero-order valence-corrected chi connectivity index (χ0v) is 16.1. The Hall–Kier alpha value is 0.320. The molecule has 0 aromatic heterocycles. The molecule has 0 rings (SSSR count). The Morgan fingerprint density at radius 3 is 1.81 bits per heavy atom. The topological polar surface area (TPSA) is 63.3 Å². The average molecular weight is 417 g/mol. The van der Waals surface area contributed by atoms with Gasteiger partial charge in [0.15, 0.2) is 4.29 Å². The van der Waals surface area contributed by atoms with Gasteiger partial charge in [-0.25, -0.2) is 0 Å². The molecule has 0 aromatic rings. The zero-order valence-electron chi connectivity index (χ0n) is 13.9. The van der Waals surface area contributed by atoms with Crippen molar-refractivity contribution in [3.05, 3.63) is 0 Å². The molecule has 0 amide bonds. The van der Waals surface area contributed by atoms with Crippen molar-refractivity contribution < 1.29 is 9.90 Å². The summed E-state index contributed by atoms with van der Waals surface area (Å²) in [4.78, 5) is 8.79. The van der Waals surface area contributed by atoms with Crippen molar-refractivity contribution >= 4 is 26.9 Å². The highest BCUT2D eigenvalue weighted by atomic mass is 127. The molecule has 0 radical (unpaired) electrons. The Bertz CT molecular complexity index is 169. The molecular formula is C17H40INO2. The number of nitrogens with two attached hydrogens (primary N) is 1. The van der Waals surface area contributed by atoms with Gasteiger partial charge in [-0.3, -0.25) is 4.79 Å². The lowest BCUT2D eigenvalue weighted by atomic mass is 9.84. The molecule has 3 nitrogen and oxygen atoms in total. The summed E-state index contributed by atoms with van der Waals surface area (Å²) < 4.78 is 0.720. The van der Waals surface area contributed by atoms with Gasteiger partial charge in [0.1, 0.15) is 0 Å². The van der Waals surface area contributed by atoms with E-state index in [2.05, 4.69) is 20.8 Å². The minimum atomic E-state index is 0. The van der Waals surface area contributed by atoms with Crippen molar-refractivity contribution in [1.29, 1.82) is 0 Å². The van der Waals surface area contributed by atoms with E-state index in [1.807, 2.05) is 0 Å². The molecule has 4 heteroatoms. The summed E-state index contributed by atoms with van der Waals surface area (Å²) in [6, 6.07) is 0. The molecular weight excluding hydrogens is 377 g/mol. The molecule has 0 fully saturated rings. The molecule has 3 N–H and O–H groups in total. The molecule has 0 aliphatic carbocycles. The second kappa shape index (κ2) is 28.5. The fourth-order valence-corrected chi connectivity index (χ4v) is 2.56. The van der Waals surface area contributed by atoms with Crippen molar-refractivity contribution in [3.63, 3.8) is 0 Å². The number of carbonyl (C=O) groups is 1. The van der Waals surface area contributed by atoms with Crippen LogP contribution in [-0.4, -0.2) is 23.1 Å². The minimum Gasteiger partial charge on any atom is -0.400 e. The van der Waals surface area contributed by atoms with Gasteiger partial charge in [0.2, 0.25) is 0 Å². The summed E-state index contributed by atoms with van der Waals surface area (Å²) in [6.07, 6.45) is 10.9. The molecule has 0 bridgehead atoms. The van der Waals surface area contributed by atoms with E-state index in [4.69, 9.17) is 15.6 Å². The van der Waals surface area contributed by atoms with Crippen LogP contribution in [0.2, 0.25) is 0 Å². The largest absolute Gasteiger partial charge is 0.400 e. The lowest BCUT2D eigenvalue weighted by molar-refractivity contribution is 0.307. The van der Waals surface area contributed by atoms with E-state index in [0.717, 1.165) is 29.8 Å². The van der Waals surface area contributed by atoms with Gasteiger partial charge >= 0.3 is 0 Å². The SMILES string of the molecule is C.CCCC(CC)CC(CCC)CCCN.CO.O=CI. The van der Waals surface area contributed by atoms with Crippen LogP contribution in [0, 0.1) is 11.8 Å². The second-order valence-corrected chi connectivity index (χ2v) is 5.48. The maximum Gasteiger partial charge on any atom is 0.179 e. The molecule has 21 heavy (non-hydrogen) atoms. The Balaban J connectivity index is -0.000000212. The first-order valence-electron chi connectivity index (χ1n) is 7.88. The number of aliphatic hydroxyl groups is 1. The van der Waals surface area contributed by atoms with Crippen molar-refractivity contribution in [1.82, 2.24) is 0 Å². The van der Waals surface area contributed by atoms with Crippen LogP contribution in [0.25, 0.3) is 0 Å². The third-order valence-corrected chi connectivity index (χ3v) is 3.45. The minimum absolute atomic E-state index is 0. The van der Waals surface area contributed by atoms with Crippen LogP contribution in [0.5, 0.6) is 0 Å². The smallest absolute Gasteiger partial charge is 0.179 e. The van der Waals surface area contributed by atoms with Crippen LogP contribution in [0.1, 0.15) is 79.6 Å². The van der Waals surface area contributed by atoms with Crippen molar-refractivity contribution in [2.24, 2.45) is 17.6 Å². The highest BCUT2D eigenvalue weighted by Crippen LogP contribution is 2.26. The summed E-state index contributed by atoms with van der Waals surface area (Å²) in [5.74, 6) is 1.90. The molecule has 0 heterocycles. The van der Waals surface area contributed by atoms with Crippen molar-refractivity contribution in [2.45, 2.75) is 79.6 Å². The van der Waals surface area contributed by atoms with Crippen LogP contribution >= 0.6 is 22.6 Å². The normalized spacial score (nSPS) is 11.8. The molecule has 0 aromatic carbocycles. The van der Waals surface area contributed by atoms with Gasteiger partial charge in [-0.15, -0.1) is 0 Å². The molecule has 0 aliphatic rings. The molecule has 2 atom stereocenters. The number of carbonyl (C=O) groups excluding carboxylic acids is 1. The second-order valence-electron chi connectivity index (χ2n) is 4.97. The van der Waals surface area contributed by atoms with Crippen molar-refractivity contribution in [2.75, 3.05) is 13.7 Å². The molecule has 0 saturated carbocycles. The lowest BCUT2D eigenvalue weighted by Crippen LogP contribution is -2.11. The Morgan fingerprint density at radius 2 is 1.48 bits per heavy atom. The molecule has 2 unspecified atom stereocenters. The van der Waals surface area contributed by atoms with E-state index in [-0.39, 0.29) is 7.43 Å². The predicted octanol–water partition coefficient (Wildman–Crippen LogP) is 5.21. The molecule has 0 saturated heterocycles. The maximum absolute atomic E-state index is 8.79. The van der Waals surface area contributed by atoms with Crippen molar-refractivity contribution in [3.8, 4) is 0 Å². The van der Waals surface area contributed by atoms with Crippen LogP contribution in [0.3, 0.4) is 0 Å². The third-order valence-electron chi connectivity index (χ3n) is 3.45. The summed E-state index contributed by atoms with van der Waals surface area (Å²) in [5.41, 5.74) is 5.59. The highest BCUT2D eigenvalue weighted by molar-refractivity contribution is 14.1. The van der Waals surface area contributed by atoms with Crippen LogP contribution < -0.4 is 5.73 Å². The predicted molar refractivity (Wildman–Crippen MR) is 106 cm³/mol. The first-order valence-corrected chi connectivity index (χ1v) is 9.13. The van der Waals surface area contributed by atoms with Crippen LogP contribution in [0.4, 0.5) is 0 Å². The Morgan fingerprint density at radius 1 is 1.05 bits per heavy atom. The van der Waals surface area contributed by atoms with E-state index < -0.39 is 0 Å². The average Bonchev–Trinajstić information content (AvgIpc) is 2.47. The van der Waals surface area contributed by atoms with E-state index in [0.29, 0.717) is 0 Å². The van der Waals surface area contributed by atoms with Gasteiger partial charge in [0.25, 0.3) is 0 Å². The fraction of sp³-hybridized carbons (Fsp3) is 0.941. The van der Waals surface area contributed by atoms with Gasteiger partial charge in [0.05, 0.1) is 0 Å².